The van der Waals surface area contributed by atoms with Gasteiger partial charge in [0, 0.05) is 24.3 Å². The Morgan fingerprint density at radius 2 is 2.24 bits per heavy atom. The van der Waals surface area contributed by atoms with Crippen LogP contribution in [0.2, 0.25) is 0 Å². The van der Waals surface area contributed by atoms with E-state index >= 15 is 0 Å². The highest BCUT2D eigenvalue weighted by Gasteiger charge is 2.28. The molecule has 17 heavy (non-hydrogen) atoms. The summed E-state index contributed by atoms with van der Waals surface area (Å²) in [5.74, 6) is 0. The average Bonchev–Trinajstić information content (AvgIpc) is 2.64. The van der Waals surface area contributed by atoms with Crippen molar-refractivity contribution in [2.45, 2.75) is 45.7 Å². The number of hydrogen-bond donors (Lipinski definition) is 1. The third kappa shape index (κ3) is 2.47. The number of hydrogen-bond acceptors (Lipinski definition) is 2. The van der Waals surface area contributed by atoms with Gasteiger partial charge < -0.3 is 10.2 Å². The molecule has 1 aromatic carbocycles. The second-order valence-electron chi connectivity index (χ2n) is 5.20. The molecule has 1 N–H and O–H groups in total. The Morgan fingerprint density at radius 1 is 1.47 bits per heavy atom. The number of likely N-dealkylation sites (N-methyl/N-ethyl adjacent to an activating group) is 1. The minimum atomic E-state index is 0.587. The molecule has 2 rings (SSSR count). The van der Waals surface area contributed by atoms with Crippen molar-refractivity contribution in [1.82, 2.24) is 5.32 Å². The van der Waals surface area contributed by atoms with Crippen LogP contribution < -0.4 is 10.2 Å². The zero-order valence-electron chi connectivity index (χ0n) is 11.5. The van der Waals surface area contributed by atoms with E-state index in [1.165, 1.54) is 29.7 Å². The second-order valence-corrected chi connectivity index (χ2v) is 5.20. The van der Waals surface area contributed by atoms with Gasteiger partial charge in [-0.3, -0.25) is 0 Å². The maximum absolute atomic E-state index is 3.35. The Bertz CT molecular complexity index is 387. The molecule has 0 amide bonds. The first-order valence-electron chi connectivity index (χ1n) is 6.69. The second kappa shape index (κ2) is 5.09. The van der Waals surface area contributed by atoms with Gasteiger partial charge >= 0.3 is 0 Å². The summed E-state index contributed by atoms with van der Waals surface area (Å²) >= 11 is 0. The van der Waals surface area contributed by atoms with Crippen molar-refractivity contribution < 1.29 is 0 Å². The smallest absolute Gasteiger partial charge is 0.0402 e. The number of nitrogens with one attached hydrogen (secondary N) is 1. The fourth-order valence-electron chi connectivity index (χ4n) is 2.88. The van der Waals surface area contributed by atoms with Crippen LogP contribution in [0.4, 0.5) is 5.69 Å². The van der Waals surface area contributed by atoms with Crippen LogP contribution in [0, 0.1) is 6.92 Å². The number of aryl methyl sites for hydroxylation is 1. The molecular formula is C15H24N2. The minimum absolute atomic E-state index is 0.587. The van der Waals surface area contributed by atoms with Gasteiger partial charge in [-0.15, -0.1) is 0 Å². The standard InChI is InChI=1S/C15H24N2/c1-5-17-14(9-12(3)16-4)10-13-8-11(2)6-7-15(13)17/h6-8,12,14,16H,5,9-10H2,1-4H3. The van der Waals surface area contributed by atoms with Gasteiger partial charge in [-0.25, -0.2) is 0 Å². The highest BCUT2D eigenvalue weighted by atomic mass is 15.2. The Labute approximate surface area is 105 Å². The molecule has 1 heterocycles. The molecule has 0 radical (unpaired) electrons. The van der Waals surface area contributed by atoms with Gasteiger partial charge in [-0.05, 0) is 52.3 Å². The SMILES string of the molecule is CCN1c2ccc(C)cc2CC1CC(C)NC. The van der Waals surface area contributed by atoms with Crippen LogP contribution in [0.3, 0.4) is 0 Å². The van der Waals surface area contributed by atoms with E-state index in [0.717, 1.165) is 6.54 Å². The molecule has 0 saturated carbocycles. The molecule has 0 saturated heterocycles. The van der Waals surface area contributed by atoms with Crippen LogP contribution in [0.15, 0.2) is 18.2 Å². The third-order valence-electron chi connectivity index (χ3n) is 3.90. The summed E-state index contributed by atoms with van der Waals surface area (Å²) in [4.78, 5) is 2.56. The number of rotatable bonds is 4. The van der Waals surface area contributed by atoms with Crippen LogP contribution in [-0.4, -0.2) is 25.7 Å². The molecule has 2 nitrogen and oxygen atoms in total. The maximum atomic E-state index is 3.35. The topological polar surface area (TPSA) is 15.3 Å². The van der Waals surface area contributed by atoms with Crippen molar-refractivity contribution in [3.63, 3.8) is 0 Å². The highest BCUT2D eigenvalue weighted by Crippen LogP contribution is 2.34. The summed E-state index contributed by atoms with van der Waals surface area (Å²) in [6.07, 6.45) is 2.43. The van der Waals surface area contributed by atoms with E-state index in [-0.39, 0.29) is 0 Å². The van der Waals surface area contributed by atoms with E-state index < -0.39 is 0 Å². The molecule has 0 aromatic heterocycles. The van der Waals surface area contributed by atoms with E-state index in [9.17, 15) is 0 Å². The third-order valence-corrected chi connectivity index (χ3v) is 3.90. The number of nitrogens with zero attached hydrogens (tertiary/aromatic N) is 1. The van der Waals surface area contributed by atoms with Crippen LogP contribution >= 0.6 is 0 Å². The van der Waals surface area contributed by atoms with Crippen molar-refractivity contribution in [3.8, 4) is 0 Å². The molecule has 2 unspecified atom stereocenters. The quantitative estimate of drug-likeness (QED) is 0.858. The lowest BCUT2D eigenvalue weighted by atomic mass is 10.0. The first kappa shape index (κ1) is 12.4. The Hall–Kier alpha value is -1.02. The van der Waals surface area contributed by atoms with Gasteiger partial charge in [0.1, 0.15) is 0 Å². The molecule has 2 heteroatoms. The molecule has 1 aromatic rings. The Balaban J connectivity index is 2.19. The monoisotopic (exact) mass is 232 g/mol. The van der Waals surface area contributed by atoms with E-state index in [1.54, 1.807) is 0 Å². The van der Waals surface area contributed by atoms with Crippen LogP contribution in [0.25, 0.3) is 0 Å². The average molecular weight is 232 g/mol. The molecule has 0 bridgehead atoms. The van der Waals surface area contributed by atoms with E-state index in [1.807, 2.05) is 7.05 Å². The minimum Gasteiger partial charge on any atom is -0.368 e. The van der Waals surface area contributed by atoms with Gasteiger partial charge in [0.25, 0.3) is 0 Å². The van der Waals surface area contributed by atoms with Gasteiger partial charge in [-0.1, -0.05) is 17.7 Å². The zero-order valence-corrected chi connectivity index (χ0v) is 11.5. The molecule has 0 fully saturated rings. The van der Waals surface area contributed by atoms with E-state index in [0.29, 0.717) is 12.1 Å². The van der Waals surface area contributed by atoms with Gasteiger partial charge in [-0.2, -0.15) is 0 Å². The lowest BCUT2D eigenvalue weighted by Gasteiger charge is -2.28. The normalized spacial score (nSPS) is 20.5. The molecule has 2 atom stereocenters. The number of anilines is 1. The van der Waals surface area contributed by atoms with Crippen molar-refractivity contribution >= 4 is 5.69 Å². The number of benzene rings is 1. The largest absolute Gasteiger partial charge is 0.368 e. The zero-order chi connectivity index (χ0) is 12.4. The van der Waals surface area contributed by atoms with Gasteiger partial charge in [0.2, 0.25) is 0 Å². The summed E-state index contributed by atoms with van der Waals surface area (Å²) in [5, 5.41) is 3.35. The van der Waals surface area contributed by atoms with Crippen molar-refractivity contribution in [2.24, 2.45) is 0 Å². The number of fused-ring (bicyclic) bond motifs is 1. The van der Waals surface area contributed by atoms with Gasteiger partial charge in [0.05, 0.1) is 0 Å². The molecule has 0 spiro atoms. The maximum Gasteiger partial charge on any atom is 0.0402 e. The Morgan fingerprint density at radius 3 is 2.88 bits per heavy atom. The predicted molar refractivity (Wildman–Crippen MR) is 74.8 cm³/mol. The summed E-state index contributed by atoms with van der Waals surface area (Å²) in [6.45, 7) is 7.81. The summed E-state index contributed by atoms with van der Waals surface area (Å²) < 4.78 is 0. The predicted octanol–water partition coefficient (Wildman–Crippen LogP) is 2.74. The van der Waals surface area contributed by atoms with Crippen molar-refractivity contribution in [1.29, 1.82) is 0 Å². The fraction of sp³-hybridized carbons (Fsp3) is 0.600. The summed E-state index contributed by atoms with van der Waals surface area (Å²) in [6, 6.07) is 8.12. The molecular weight excluding hydrogens is 208 g/mol. The van der Waals surface area contributed by atoms with Crippen LogP contribution in [0.1, 0.15) is 31.4 Å². The first-order chi connectivity index (χ1) is 8.15. The Kier molecular flexibility index (Phi) is 3.72. The summed E-state index contributed by atoms with van der Waals surface area (Å²) in [7, 11) is 2.05. The highest BCUT2D eigenvalue weighted by molar-refractivity contribution is 5.60. The lowest BCUT2D eigenvalue weighted by molar-refractivity contribution is 0.481. The van der Waals surface area contributed by atoms with E-state index in [2.05, 4.69) is 49.2 Å². The van der Waals surface area contributed by atoms with Crippen molar-refractivity contribution in [3.05, 3.63) is 29.3 Å². The molecule has 94 valence electrons. The van der Waals surface area contributed by atoms with Gasteiger partial charge in [0.15, 0.2) is 0 Å². The van der Waals surface area contributed by atoms with Crippen molar-refractivity contribution in [2.75, 3.05) is 18.5 Å². The first-order valence-corrected chi connectivity index (χ1v) is 6.69. The lowest BCUT2D eigenvalue weighted by Crippen LogP contribution is -2.37. The molecule has 1 aliphatic heterocycles. The van der Waals surface area contributed by atoms with Crippen LogP contribution in [-0.2, 0) is 6.42 Å². The molecule has 0 aliphatic carbocycles. The summed E-state index contributed by atoms with van der Waals surface area (Å²) in [5.41, 5.74) is 4.36. The van der Waals surface area contributed by atoms with E-state index in [4.69, 9.17) is 0 Å². The van der Waals surface area contributed by atoms with Crippen LogP contribution in [0.5, 0.6) is 0 Å². The molecule has 1 aliphatic rings. The fourth-order valence-corrected chi connectivity index (χ4v) is 2.88.